The first kappa shape index (κ1) is 15.7. The van der Waals surface area contributed by atoms with E-state index in [1.165, 1.54) is 0 Å². The Bertz CT molecular complexity index is 842. The zero-order valence-electron chi connectivity index (χ0n) is 13.4. The van der Waals surface area contributed by atoms with Crippen LogP contribution in [0.25, 0.3) is 22.6 Å². The number of hydrogen-bond donors (Lipinski definition) is 3. The molecule has 0 saturated heterocycles. The van der Waals surface area contributed by atoms with Crippen molar-refractivity contribution in [3.63, 3.8) is 0 Å². The summed E-state index contributed by atoms with van der Waals surface area (Å²) in [4.78, 5) is 23.9. The molecule has 0 aliphatic rings. The molecule has 24 heavy (non-hydrogen) atoms. The summed E-state index contributed by atoms with van der Waals surface area (Å²) in [5.74, 6) is 0.0839. The van der Waals surface area contributed by atoms with Gasteiger partial charge < -0.3 is 16.0 Å². The zero-order chi connectivity index (χ0) is 16.9. The normalized spacial score (nSPS) is 10.5. The van der Waals surface area contributed by atoms with Crippen LogP contribution in [-0.2, 0) is 0 Å². The Morgan fingerprint density at radius 3 is 2.75 bits per heavy atom. The summed E-state index contributed by atoms with van der Waals surface area (Å²) < 4.78 is 0. The van der Waals surface area contributed by atoms with Gasteiger partial charge in [-0.1, -0.05) is 37.3 Å². The molecular formula is C18H19N5O. The van der Waals surface area contributed by atoms with Crippen LogP contribution in [0.5, 0.6) is 0 Å². The number of H-pyrrole nitrogens is 1. The van der Waals surface area contributed by atoms with Crippen molar-refractivity contribution >= 4 is 11.9 Å². The molecule has 4 N–H and O–H groups in total. The van der Waals surface area contributed by atoms with Crippen molar-refractivity contribution in [2.75, 3.05) is 12.3 Å². The van der Waals surface area contributed by atoms with Crippen LogP contribution in [0.15, 0.2) is 48.7 Å². The van der Waals surface area contributed by atoms with Crippen LogP contribution in [0.1, 0.15) is 23.7 Å². The number of nitrogens with zero attached hydrogens (tertiary/aromatic N) is 2. The van der Waals surface area contributed by atoms with Crippen molar-refractivity contribution < 1.29 is 4.79 Å². The number of aromatic nitrogens is 3. The van der Waals surface area contributed by atoms with E-state index >= 15 is 0 Å². The quantitative estimate of drug-likeness (QED) is 0.673. The molecule has 2 aromatic heterocycles. The highest BCUT2D eigenvalue weighted by Gasteiger charge is 2.18. The molecule has 1 aromatic carbocycles. The van der Waals surface area contributed by atoms with Gasteiger partial charge in [-0.05, 0) is 24.1 Å². The third-order valence-electron chi connectivity index (χ3n) is 3.61. The van der Waals surface area contributed by atoms with Crippen LogP contribution < -0.4 is 11.1 Å². The lowest BCUT2D eigenvalue weighted by molar-refractivity contribution is 0.0954. The molecular weight excluding hydrogens is 302 g/mol. The van der Waals surface area contributed by atoms with E-state index in [0.717, 1.165) is 23.4 Å². The third-order valence-corrected chi connectivity index (χ3v) is 3.61. The van der Waals surface area contributed by atoms with E-state index in [4.69, 9.17) is 5.73 Å². The average Bonchev–Trinajstić information content (AvgIpc) is 3.06. The van der Waals surface area contributed by atoms with Gasteiger partial charge in [0.15, 0.2) is 0 Å². The Balaban J connectivity index is 2.07. The summed E-state index contributed by atoms with van der Waals surface area (Å²) in [6.07, 6.45) is 2.48. The minimum Gasteiger partial charge on any atom is -0.368 e. The van der Waals surface area contributed by atoms with Crippen molar-refractivity contribution in [2.24, 2.45) is 0 Å². The molecule has 3 aromatic rings. The number of anilines is 1. The van der Waals surface area contributed by atoms with Crippen molar-refractivity contribution in [1.29, 1.82) is 0 Å². The molecule has 6 heteroatoms. The number of hydrogen-bond acceptors (Lipinski definition) is 4. The lowest BCUT2D eigenvalue weighted by atomic mass is 10.1. The van der Waals surface area contributed by atoms with Gasteiger partial charge in [0.1, 0.15) is 0 Å². The Morgan fingerprint density at radius 2 is 2.04 bits per heavy atom. The highest BCUT2D eigenvalue weighted by molar-refractivity contribution is 6.01. The summed E-state index contributed by atoms with van der Waals surface area (Å²) in [6, 6.07) is 13.3. The molecule has 122 valence electrons. The summed E-state index contributed by atoms with van der Waals surface area (Å²) in [6.45, 7) is 2.65. The maximum atomic E-state index is 12.5. The number of nitrogens with two attached hydrogens (primary N) is 1. The van der Waals surface area contributed by atoms with Crippen LogP contribution in [-0.4, -0.2) is 27.4 Å². The Labute approximate surface area is 140 Å². The van der Waals surface area contributed by atoms with E-state index in [2.05, 4.69) is 20.3 Å². The summed E-state index contributed by atoms with van der Waals surface area (Å²) in [5.41, 5.74) is 9.32. The lowest BCUT2D eigenvalue weighted by Gasteiger charge is -2.05. The standard InChI is InChI=1S/C18H19N5O/c1-2-9-20-17(24)13-11-15(14-8-10-21-18(19)23-14)22-16(13)12-6-4-3-5-7-12/h3-8,10-11,22H,2,9H2,1H3,(H,20,24)(H2,19,21,23). The monoisotopic (exact) mass is 321 g/mol. The fourth-order valence-corrected chi connectivity index (χ4v) is 2.46. The van der Waals surface area contributed by atoms with Crippen LogP contribution in [0, 0.1) is 0 Å². The smallest absolute Gasteiger partial charge is 0.253 e. The molecule has 0 bridgehead atoms. The maximum Gasteiger partial charge on any atom is 0.253 e. The number of nitrogens with one attached hydrogen (secondary N) is 2. The predicted octanol–water partition coefficient (Wildman–Crippen LogP) is 2.86. The highest BCUT2D eigenvalue weighted by Crippen LogP contribution is 2.28. The molecule has 0 saturated carbocycles. The molecule has 0 aliphatic heterocycles. The average molecular weight is 321 g/mol. The minimum atomic E-state index is -0.111. The van der Waals surface area contributed by atoms with E-state index < -0.39 is 0 Å². The van der Waals surface area contributed by atoms with Crippen LogP contribution in [0.3, 0.4) is 0 Å². The van der Waals surface area contributed by atoms with Gasteiger partial charge in [-0.25, -0.2) is 9.97 Å². The first-order valence-corrected chi connectivity index (χ1v) is 7.84. The van der Waals surface area contributed by atoms with E-state index in [-0.39, 0.29) is 11.9 Å². The number of carbonyl (C=O) groups excluding carboxylic acids is 1. The van der Waals surface area contributed by atoms with Gasteiger partial charge in [-0.15, -0.1) is 0 Å². The Morgan fingerprint density at radius 1 is 1.25 bits per heavy atom. The second-order valence-electron chi connectivity index (χ2n) is 5.39. The maximum absolute atomic E-state index is 12.5. The molecule has 0 unspecified atom stereocenters. The predicted molar refractivity (Wildman–Crippen MR) is 94.3 cm³/mol. The SMILES string of the molecule is CCCNC(=O)c1cc(-c2ccnc(N)n2)[nH]c1-c1ccccc1. The van der Waals surface area contributed by atoms with Gasteiger partial charge in [-0.3, -0.25) is 4.79 Å². The fraction of sp³-hybridized carbons (Fsp3) is 0.167. The molecule has 1 amide bonds. The van der Waals surface area contributed by atoms with Gasteiger partial charge in [-0.2, -0.15) is 0 Å². The molecule has 0 radical (unpaired) electrons. The van der Waals surface area contributed by atoms with Crippen LogP contribution >= 0.6 is 0 Å². The minimum absolute atomic E-state index is 0.111. The molecule has 2 heterocycles. The molecule has 0 aliphatic carbocycles. The van der Waals surface area contributed by atoms with E-state index in [1.54, 1.807) is 18.3 Å². The summed E-state index contributed by atoms with van der Waals surface area (Å²) in [7, 11) is 0. The topological polar surface area (TPSA) is 96.7 Å². The Hall–Kier alpha value is -3.15. The van der Waals surface area contributed by atoms with Crippen molar-refractivity contribution in [3.05, 3.63) is 54.2 Å². The Kier molecular flexibility index (Phi) is 4.56. The van der Waals surface area contributed by atoms with Crippen LogP contribution in [0.4, 0.5) is 5.95 Å². The van der Waals surface area contributed by atoms with Gasteiger partial charge in [0, 0.05) is 12.7 Å². The van der Waals surface area contributed by atoms with Gasteiger partial charge >= 0.3 is 0 Å². The molecule has 3 rings (SSSR count). The van der Waals surface area contributed by atoms with E-state index in [9.17, 15) is 4.79 Å². The fourth-order valence-electron chi connectivity index (χ4n) is 2.46. The zero-order valence-corrected chi connectivity index (χ0v) is 13.4. The summed E-state index contributed by atoms with van der Waals surface area (Å²) in [5, 5.41) is 2.92. The van der Waals surface area contributed by atoms with Crippen molar-refractivity contribution in [3.8, 4) is 22.6 Å². The second kappa shape index (κ2) is 6.95. The highest BCUT2D eigenvalue weighted by atomic mass is 16.1. The van der Waals surface area contributed by atoms with Gasteiger partial charge in [0.2, 0.25) is 5.95 Å². The second-order valence-corrected chi connectivity index (χ2v) is 5.39. The first-order valence-electron chi connectivity index (χ1n) is 7.84. The number of rotatable bonds is 5. The number of benzene rings is 1. The number of carbonyl (C=O) groups is 1. The van der Waals surface area contributed by atoms with Gasteiger partial charge in [0.25, 0.3) is 5.91 Å². The lowest BCUT2D eigenvalue weighted by Crippen LogP contribution is -2.24. The van der Waals surface area contributed by atoms with Crippen molar-refractivity contribution in [2.45, 2.75) is 13.3 Å². The number of aromatic amines is 1. The molecule has 0 atom stereocenters. The van der Waals surface area contributed by atoms with Crippen LogP contribution in [0.2, 0.25) is 0 Å². The molecule has 6 nitrogen and oxygen atoms in total. The van der Waals surface area contributed by atoms with Crippen molar-refractivity contribution in [1.82, 2.24) is 20.3 Å². The largest absolute Gasteiger partial charge is 0.368 e. The third kappa shape index (κ3) is 3.27. The molecule has 0 spiro atoms. The van der Waals surface area contributed by atoms with E-state index in [1.807, 2.05) is 37.3 Å². The summed E-state index contributed by atoms with van der Waals surface area (Å²) >= 11 is 0. The number of amides is 1. The first-order chi connectivity index (χ1) is 11.7. The number of nitrogen functional groups attached to an aromatic ring is 1. The molecule has 0 fully saturated rings. The van der Waals surface area contributed by atoms with E-state index in [0.29, 0.717) is 17.8 Å². The van der Waals surface area contributed by atoms with Gasteiger partial charge in [0.05, 0.1) is 22.6 Å².